The van der Waals surface area contributed by atoms with E-state index in [2.05, 4.69) is 35.9 Å². The molecule has 0 spiro atoms. The maximum Gasteiger partial charge on any atom is 0.118 e. The second-order valence-electron chi connectivity index (χ2n) is 3.30. The minimum atomic E-state index is 0.497. The molecule has 0 aromatic rings. The summed E-state index contributed by atoms with van der Waals surface area (Å²) in [4.78, 5) is 2.18. The summed E-state index contributed by atoms with van der Waals surface area (Å²) in [7, 11) is 2.09. The van der Waals surface area contributed by atoms with E-state index in [1.165, 1.54) is 12.8 Å². The zero-order chi connectivity index (χ0) is 8.97. The summed E-state index contributed by atoms with van der Waals surface area (Å²) >= 11 is 0. The molecule has 0 saturated carbocycles. The van der Waals surface area contributed by atoms with E-state index >= 15 is 0 Å². The van der Waals surface area contributed by atoms with Crippen molar-refractivity contribution < 1.29 is 0 Å². The quantitative estimate of drug-likeness (QED) is 0.638. The Balaban J connectivity index is 2.38. The topological polar surface area (TPSA) is 18.8 Å². The summed E-state index contributed by atoms with van der Waals surface area (Å²) < 4.78 is 0. The van der Waals surface area contributed by atoms with Crippen molar-refractivity contribution in [3.63, 3.8) is 0 Å². The largest absolute Gasteiger partial charge is 0.343 e. The van der Waals surface area contributed by atoms with Gasteiger partial charge in [0, 0.05) is 13.6 Å². The average Bonchev–Trinajstić information content (AvgIpc) is 2.43. The molecule has 1 rings (SSSR count). The van der Waals surface area contributed by atoms with Gasteiger partial charge in [-0.3, -0.25) is 5.01 Å². The normalized spacial score (nSPS) is 22.4. The molecule has 0 saturated heterocycles. The van der Waals surface area contributed by atoms with Gasteiger partial charge in [-0.15, -0.1) is 0 Å². The molecule has 0 amide bonds. The van der Waals surface area contributed by atoms with Crippen molar-refractivity contribution in [3.8, 4) is 0 Å². The van der Waals surface area contributed by atoms with Crippen LogP contribution in [0, 0.1) is 0 Å². The number of rotatable bonds is 4. The molecule has 0 aromatic heterocycles. The average molecular weight is 169 g/mol. The van der Waals surface area contributed by atoms with Gasteiger partial charge in [0.15, 0.2) is 0 Å². The van der Waals surface area contributed by atoms with Crippen LogP contribution >= 0.6 is 0 Å². The van der Waals surface area contributed by atoms with Crippen molar-refractivity contribution in [3.05, 3.63) is 0 Å². The Morgan fingerprint density at radius 1 is 1.42 bits per heavy atom. The van der Waals surface area contributed by atoms with E-state index in [-0.39, 0.29) is 0 Å². The number of unbranched alkanes of at least 4 members (excludes halogenated alkanes) is 1. The van der Waals surface area contributed by atoms with Crippen LogP contribution in [0.4, 0.5) is 0 Å². The second-order valence-corrected chi connectivity index (χ2v) is 3.30. The van der Waals surface area contributed by atoms with Gasteiger partial charge in [0.25, 0.3) is 0 Å². The van der Waals surface area contributed by atoms with E-state index < -0.39 is 0 Å². The zero-order valence-electron chi connectivity index (χ0n) is 8.32. The van der Waals surface area contributed by atoms with Gasteiger partial charge in [-0.2, -0.15) is 5.10 Å². The molecule has 1 atom stereocenters. The summed E-state index contributed by atoms with van der Waals surface area (Å²) in [6.07, 6.45) is 6.04. The smallest absolute Gasteiger partial charge is 0.118 e. The molecule has 3 heteroatoms. The lowest BCUT2D eigenvalue weighted by atomic mass is 10.3. The van der Waals surface area contributed by atoms with E-state index in [0.29, 0.717) is 6.17 Å². The van der Waals surface area contributed by atoms with E-state index in [1.807, 2.05) is 6.34 Å². The van der Waals surface area contributed by atoms with Crippen LogP contribution in [0.3, 0.4) is 0 Å². The number of hydrogen-bond donors (Lipinski definition) is 0. The summed E-state index contributed by atoms with van der Waals surface area (Å²) in [5, 5.41) is 6.52. The van der Waals surface area contributed by atoms with Crippen molar-refractivity contribution in [2.24, 2.45) is 5.10 Å². The lowest BCUT2D eigenvalue weighted by molar-refractivity contribution is 0.141. The molecule has 0 radical (unpaired) electrons. The molecule has 1 aliphatic rings. The molecule has 0 aliphatic carbocycles. The number of hydrogen-bond acceptors (Lipinski definition) is 3. The van der Waals surface area contributed by atoms with Gasteiger partial charge in [0.1, 0.15) is 12.5 Å². The highest BCUT2D eigenvalue weighted by Crippen LogP contribution is 2.13. The van der Waals surface area contributed by atoms with Gasteiger partial charge in [0.05, 0.1) is 0 Å². The lowest BCUT2D eigenvalue weighted by Crippen LogP contribution is -2.37. The molecular formula is C9H19N3. The third kappa shape index (κ3) is 1.90. The van der Waals surface area contributed by atoms with Gasteiger partial charge in [-0.25, -0.2) is 0 Å². The molecule has 1 heterocycles. The van der Waals surface area contributed by atoms with Crippen molar-refractivity contribution in [1.82, 2.24) is 9.91 Å². The van der Waals surface area contributed by atoms with Gasteiger partial charge in [0.2, 0.25) is 0 Å². The Bertz CT molecular complexity index is 156. The van der Waals surface area contributed by atoms with E-state index in [9.17, 15) is 0 Å². The maximum atomic E-state index is 4.34. The van der Waals surface area contributed by atoms with Crippen LogP contribution < -0.4 is 0 Å². The van der Waals surface area contributed by atoms with Crippen LogP contribution in [0.5, 0.6) is 0 Å². The van der Waals surface area contributed by atoms with Gasteiger partial charge < -0.3 is 4.90 Å². The molecule has 0 bridgehead atoms. The van der Waals surface area contributed by atoms with Crippen LogP contribution in [0.2, 0.25) is 0 Å². The van der Waals surface area contributed by atoms with Crippen LogP contribution in [0.1, 0.15) is 33.1 Å². The first-order chi connectivity index (χ1) is 5.79. The van der Waals surface area contributed by atoms with Crippen molar-refractivity contribution in [1.29, 1.82) is 0 Å². The summed E-state index contributed by atoms with van der Waals surface area (Å²) in [6.45, 7) is 5.51. The van der Waals surface area contributed by atoms with Gasteiger partial charge >= 0.3 is 0 Å². The van der Waals surface area contributed by atoms with Gasteiger partial charge in [-0.05, 0) is 12.8 Å². The van der Waals surface area contributed by atoms with E-state index in [4.69, 9.17) is 0 Å². The maximum absolute atomic E-state index is 4.34. The SMILES string of the molecule is CCCCN1N=CN(C)C1CC. The highest BCUT2D eigenvalue weighted by atomic mass is 15.6. The highest BCUT2D eigenvalue weighted by Gasteiger charge is 2.21. The number of hydrazone groups is 1. The molecule has 0 fully saturated rings. The lowest BCUT2D eigenvalue weighted by Gasteiger charge is -2.26. The Hall–Kier alpha value is -0.730. The predicted octanol–water partition coefficient (Wildman–Crippen LogP) is 1.71. The van der Waals surface area contributed by atoms with Crippen LogP contribution in [-0.4, -0.2) is 36.0 Å². The fourth-order valence-electron chi connectivity index (χ4n) is 1.54. The van der Waals surface area contributed by atoms with Crippen molar-refractivity contribution in [2.45, 2.75) is 39.3 Å². The first kappa shape index (κ1) is 9.36. The highest BCUT2D eigenvalue weighted by molar-refractivity contribution is 5.56. The summed E-state index contributed by atoms with van der Waals surface area (Å²) in [6, 6.07) is 0. The molecule has 1 aliphatic heterocycles. The van der Waals surface area contributed by atoms with E-state index in [1.54, 1.807) is 0 Å². The molecule has 0 aromatic carbocycles. The first-order valence-electron chi connectivity index (χ1n) is 4.82. The molecule has 70 valence electrons. The Labute approximate surface area is 75.0 Å². The molecule has 3 nitrogen and oxygen atoms in total. The number of nitrogens with zero attached hydrogens (tertiary/aromatic N) is 3. The van der Waals surface area contributed by atoms with Crippen molar-refractivity contribution >= 4 is 6.34 Å². The Morgan fingerprint density at radius 2 is 2.17 bits per heavy atom. The molecular weight excluding hydrogens is 150 g/mol. The minimum absolute atomic E-state index is 0.497. The zero-order valence-corrected chi connectivity index (χ0v) is 8.32. The Morgan fingerprint density at radius 3 is 2.75 bits per heavy atom. The van der Waals surface area contributed by atoms with Crippen molar-refractivity contribution in [2.75, 3.05) is 13.6 Å². The second kappa shape index (κ2) is 4.33. The van der Waals surface area contributed by atoms with E-state index in [0.717, 1.165) is 13.0 Å². The first-order valence-corrected chi connectivity index (χ1v) is 4.82. The summed E-state index contributed by atoms with van der Waals surface area (Å²) in [5.74, 6) is 0. The van der Waals surface area contributed by atoms with Gasteiger partial charge in [-0.1, -0.05) is 20.3 Å². The third-order valence-electron chi connectivity index (χ3n) is 2.30. The third-order valence-corrected chi connectivity index (χ3v) is 2.30. The summed E-state index contributed by atoms with van der Waals surface area (Å²) in [5.41, 5.74) is 0. The molecule has 12 heavy (non-hydrogen) atoms. The van der Waals surface area contributed by atoms with Crippen LogP contribution in [0.15, 0.2) is 5.10 Å². The molecule has 1 unspecified atom stereocenters. The standard InChI is InChI=1S/C9H19N3/c1-4-6-7-12-9(5-2)11(3)8-10-12/h8-9H,4-7H2,1-3H3. The minimum Gasteiger partial charge on any atom is -0.343 e. The fourth-order valence-corrected chi connectivity index (χ4v) is 1.54. The fraction of sp³-hybridized carbons (Fsp3) is 0.889. The molecule has 0 N–H and O–H groups in total. The Kier molecular flexibility index (Phi) is 3.38. The predicted molar refractivity (Wildman–Crippen MR) is 51.9 cm³/mol. The van der Waals surface area contributed by atoms with Crippen LogP contribution in [0.25, 0.3) is 0 Å². The van der Waals surface area contributed by atoms with Crippen LogP contribution in [-0.2, 0) is 0 Å². The monoisotopic (exact) mass is 169 g/mol.